The predicted octanol–water partition coefficient (Wildman–Crippen LogP) is 0.826. The highest BCUT2D eigenvalue weighted by molar-refractivity contribution is 5.90. The van der Waals surface area contributed by atoms with Crippen LogP contribution in [0.1, 0.15) is 33.1 Å². The maximum atomic E-state index is 5.13. The topological polar surface area (TPSA) is 76.8 Å². The van der Waals surface area contributed by atoms with Crippen LogP contribution in [-0.2, 0) is 0 Å². The average molecular weight is 156 g/mol. The van der Waals surface area contributed by atoms with Crippen molar-refractivity contribution >= 4 is 11.4 Å². The van der Waals surface area contributed by atoms with Crippen molar-refractivity contribution in [3.63, 3.8) is 0 Å². The van der Waals surface area contributed by atoms with Crippen LogP contribution >= 0.6 is 0 Å². The lowest BCUT2D eigenvalue weighted by Crippen LogP contribution is -2.04. The lowest BCUT2D eigenvalue weighted by Gasteiger charge is -1.99. The first kappa shape index (κ1) is 9.94. The predicted molar refractivity (Wildman–Crippen MR) is 48.4 cm³/mol. The van der Waals surface area contributed by atoms with E-state index in [1.54, 1.807) is 0 Å². The van der Waals surface area contributed by atoms with E-state index in [-0.39, 0.29) is 0 Å². The van der Waals surface area contributed by atoms with Crippen molar-refractivity contribution in [2.24, 2.45) is 21.9 Å². The van der Waals surface area contributed by atoms with Gasteiger partial charge in [-0.3, -0.25) is 0 Å². The summed E-state index contributed by atoms with van der Waals surface area (Å²) in [6.07, 6.45) is 2.61. The maximum Gasteiger partial charge on any atom is 0.0377 e. The molecule has 4 nitrogen and oxygen atoms in total. The van der Waals surface area contributed by atoms with Gasteiger partial charge in [0.15, 0.2) is 0 Å². The van der Waals surface area contributed by atoms with E-state index in [2.05, 4.69) is 10.2 Å². The molecule has 0 fully saturated rings. The highest BCUT2D eigenvalue weighted by atomic mass is 15.1. The molecule has 0 spiro atoms. The summed E-state index contributed by atoms with van der Waals surface area (Å²) in [5.41, 5.74) is 1.94. The Bertz CT molecular complexity index is 160. The van der Waals surface area contributed by atoms with Gasteiger partial charge in [0, 0.05) is 11.4 Å². The van der Waals surface area contributed by atoms with Gasteiger partial charge < -0.3 is 11.7 Å². The first-order valence-corrected chi connectivity index (χ1v) is 3.73. The van der Waals surface area contributed by atoms with Crippen molar-refractivity contribution in [1.29, 1.82) is 0 Å². The molecule has 0 aliphatic carbocycles. The van der Waals surface area contributed by atoms with E-state index in [0.29, 0.717) is 0 Å². The molecule has 4 heteroatoms. The lowest BCUT2D eigenvalue weighted by atomic mass is 10.1. The molecule has 0 bridgehead atoms. The Hall–Kier alpha value is -1.06. The second kappa shape index (κ2) is 5.70. The Labute approximate surface area is 67.3 Å². The molecule has 0 unspecified atom stereocenters. The van der Waals surface area contributed by atoms with Crippen molar-refractivity contribution in [2.45, 2.75) is 33.1 Å². The van der Waals surface area contributed by atoms with Crippen molar-refractivity contribution in [3.05, 3.63) is 0 Å². The SMILES string of the molecule is CC/C(CC/C(C)=N\N)=N\N. The Balaban J connectivity index is 3.69. The maximum absolute atomic E-state index is 5.13. The summed E-state index contributed by atoms with van der Waals surface area (Å²) in [5, 5.41) is 7.18. The van der Waals surface area contributed by atoms with E-state index in [1.807, 2.05) is 13.8 Å². The smallest absolute Gasteiger partial charge is 0.0377 e. The molecular formula is C7H16N4. The third-order valence-corrected chi connectivity index (χ3v) is 1.59. The van der Waals surface area contributed by atoms with E-state index < -0.39 is 0 Å². The van der Waals surface area contributed by atoms with Gasteiger partial charge in [0.05, 0.1) is 0 Å². The fourth-order valence-corrected chi connectivity index (χ4v) is 0.722. The van der Waals surface area contributed by atoms with Crippen LogP contribution < -0.4 is 11.7 Å². The van der Waals surface area contributed by atoms with Gasteiger partial charge in [-0.2, -0.15) is 10.2 Å². The second-order valence-corrected chi connectivity index (χ2v) is 2.41. The Morgan fingerprint density at radius 2 is 1.82 bits per heavy atom. The minimum Gasteiger partial charge on any atom is -0.323 e. The first-order valence-electron chi connectivity index (χ1n) is 3.73. The first-order chi connectivity index (χ1) is 5.24. The van der Waals surface area contributed by atoms with Gasteiger partial charge in [0.1, 0.15) is 0 Å². The molecule has 0 saturated carbocycles. The summed E-state index contributed by atoms with van der Waals surface area (Å²) in [6, 6.07) is 0. The summed E-state index contributed by atoms with van der Waals surface area (Å²) in [7, 11) is 0. The minimum atomic E-state index is 0.848. The number of nitrogens with two attached hydrogens (primary N) is 2. The summed E-state index contributed by atoms with van der Waals surface area (Å²) < 4.78 is 0. The summed E-state index contributed by atoms with van der Waals surface area (Å²) in [5.74, 6) is 10.2. The van der Waals surface area contributed by atoms with Crippen LogP contribution in [0.4, 0.5) is 0 Å². The summed E-state index contributed by atoms with van der Waals surface area (Å²) in [6.45, 7) is 3.92. The van der Waals surface area contributed by atoms with Crippen LogP contribution in [0.3, 0.4) is 0 Å². The molecule has 0 aromatic rings. The van der Waals surface area contributed by atoms with Gasteiger partial charge in [-0.15, -0.1) is 0 Å². The highest BCUT2D eigenvalue weighted by Crippen LogP contribution is 1.97. The highest BCUT2D eigenvalue weighted by Gasteiger charge is 1.97. The summed E-state index contributed by atoms with van der Waals surface area (Å²) >= 11 is 0. The fourth-order valence-electron chi connectivity index (χ4n) is 0.722. The molecule has 0 atom stereocenters. The normalized spacial score (nSPS) is 13.6. The summed E-state index contributed by atoms with van der Waals surface area (Å²) in [4.78, 5) is 0. The van der Waals surface area contributed by atoms with Gasteiger partial charge in [0.25, 0.3) is 0 Å². The zero-order valence-corrected chi connectivity index (χ0v) is 7.17. The molecule has 0 amide bonds. The zero-order chi connectivity index (χ0) is 8.69. The molecule has 0 aliphatic rings. The molecule has 0 aliphatic heterocycles. The van der Waals surface area contributed by atoms with Crippen LogP contribution in [0.2, 0.25) is 0 Å². The van der Waals surface area contributed by atoms with Crippen LogP contribution in [-0.4, -0.2) is 11.4 Å². The second-order valence-electron chi connectivity index (χ2n) is 2.41. The van der Waals surface area contributed by atoms with Gasteiger partial charge in [-0.05, 0) is 26.2 Å². The monoisotopic (exact) mass is 156 g/mol. The molecule has 0 aromatic heterocycles. The van der Waals surface area contributed by atoms with Crippen LogP contribution in [0.5, 0.6) is 0 Å². The number of rotatable bonds is 4. The molecular weight excluding hydrogens is 140 g/mol. The standard InChI is InChI=1S/C7H16N4/c1-3-7(11-9)5-4-6(2)10-8/h3-5,8-9H2,1-2H3/b10-6-,11-7+. The number of nitrogens with zero attached hydrogens (tertiary/aromatic N) is 2. The lowest BCUT2D eigenvalue weighted by molar-refractivity contribution is 1.03. The number of hydrogen-bond acceptors (Lipinski definition) is 4. The van der Waals surface area contributed by atoms with E-state index in [4.69, 9.17) is 11.7 Å². The molecule has 0 heterocycles. The average Bonchev–Trinajstić information content (AvgIpc) is 2.06. The van der Waals surface area contributed by atoms with Crippen molar-refractivity contribution < 1.29 is 0 Å². The van der Waals surface area contributed by atoms with E-state index in [1.165, 1.54) is 0 Å². The zero-order valence-electron chi connectivity index (χ0n) is 7.17. The van der Waals surface area contributed by atoms with E-state index in [9.17, 15) is 0 Å². The van der Waals surface area contributed by atoms with Crippen molar-refractivity contribution in [2.75, 3.05) is 0 Å². The molecule has 0 radical (unpaired) electrons. The van der Waals surface area contributed by atoms with Crippen molar-refractivity contribution in [1.82, 2.24) is 0 Å². The van der Waals surface area contributed by atoms with Gasteiger partial charge >= 0.3 is 0 Å². The molecule has 11 heavy (non-hydrogen) atoms. The quantitative estimate of drug-likeness (QED) is 0.359. The fraction of sp³-hybridized carbons (Fsp3) is 0.714. The molecule has 0 saturated heterocycles. The van der Waals surface area contributed by atoms with Gasteiger partial charge in [-0.25, -0.2) is 0 Å². The largest absolute Gasteiger partial charge is 0.323 e. The van der Waals surface area contributed by atoms with Crippen molar-refractivity contribution in [3.8, 4) is 0 Å². The third kappa shape index (κ3) is 4.36. The van der Waals surface area contributed by atoms with Gasteiger partial charge in [0.2, 0.25) is 0 Å². The number of hydrazone groups is 2. The molecule has 0 rings (SSSR count). The molecule has 64 valence electrons. The van der Waals surface area contributed by atoms with Crippen LogP contribution in [0.15, 0.2) is 10.2 Å². The molecule has 0 aromatic carbocycles. The van der Waals surface area contributed by atoms with E-state index in [0.717, 1.165) is 30.7 Å². The van der Waals surface area contributed by atoms with Crippen LogP contribution in [0.25, 0.3) is 0 Å². The Morgan fingerprint density at radius 1 is 1.18 bits per heavy atom. The molecule has 4 N–H and O–H groups in total. The van der Waals surface area contributed by atoms with Crippen LogP contribution in [0, 0.1) is 0 Å². The Morgan fingerprint density at radius 3 is 2.18 bits per heavy atom. The van der Waals surface area contributed by atoms with Gasteiger partial charge in [-0.1, -0.05) is 6.92 Å². The minimum absolute atomic E-state index is 0.848. The van der Waals surface area contributed by atoms with E-state index >= 15 is 0 Å². The number of hydrogen-bond donors (Lipinski definition) is 2. The third-order valence-electron chi connectivity index (χ3n) is 1.59. The Kier molecular flexibility index (Phi) is 5.15.